The van der Waals surface area contributed by atoms with E-state index in [2.05, 4.69) is 12.3 Å². The Balaban J connectivity index is 0. The van der Waals surface area contributed by atoms with E-state index < -0.39 is 5.91 Å². The number of hydrogen-bond acceptors (Lipinski definition) is 3. The number of hydrogen-bond donors (Lipinski definition) is 3. The van der Waals surface area contributed by atoms with Crippen molar-refractivity contribution in [3.05, 3.63) is 12.7 Å². The van der Waals surface area contributed by atoms with E-state index in [1.807, 2.05) is 0 Å². The van der Waals surface area contributed by atoms with Gasteiger partial charge in [0, 0.05) is 13.2 Å². The van der Waals surface area contributed by atoms with Crippen LogP contribution in [0.1, 0.15) is 12.8 Å². The Hall–Kier alpha value is -0.870. The number of aliphatic hydroxyl groups excluding tert-OH is 2. The summed E-state index contributed by atoms with van der Waals surface area (Å²) in [5.74, 6) is -0.481. The fourth-order valence-electron chi connectivity index (χ4n) is 0.224. The van der Waals surface area contributed by atoms with Gasteiger partial charge in [0.15, 0.2) is 0 Å². The maximum Gasteiger partial charge on any atom is 0.240 e. The van der Waals surface area contributed by atoms with Crippen LogP contribution in [0.2, 0.25) is 0 Å². The molecule has 0 aliphatic heterocycles. The van der Waals surface area contributed by atoms with Crippen molar-refractivity contribution in [1.29, 1.82) is 0 Å². The van der Waals surface area contributed by atoms with E-state index in [4.69, 9.17) is 10.2 Å². The summed E-state index contributed by atoms with van der Waals surface area (Å²) >= 11 is 0. The lowest BCUT2D eigenvalue weighted by Gasteiger charge is -1.85. The first-order valence-corrected chi connectivity index (χ1v) is 3.32. The second-order valence-corrected chi connectivity index (χ2v) is 1.76. The summed E-state index contributed by atoms with van der Waals surface area (Å²) in [6.45, 7) is 3.48. The van der Waals surface area contributed by atoms with Gasteiger partial charge in [-0.25, -0.2) is 0 Å². The molecule has 0 radical (unpaired) electrons. The molecule has 0 aromatic carbocycles. The number of unbranched alkanes of at least 4 members (excludes halogenated alkanes) is 1. The normalized spacial score (nSPS) is 7.82. The van der Waals surface area contributed by atoms with Crippen molar-refractivity contribution >= 4 is 5.91 Å². The lowest BCUT2D eigenvalue weighted by molar-refractivity contribution is -0.113. The molecule has 0 aromatic heterocycles. The maximum atomic E-state index is 9.47. The molecule has 0 rings (SSSR count). The van der Waals surface area contributed by atoms with Gasteiger partial charge in [-0.3, -0.25) is 4.79 Å². The average Bonchev–Trinajstić information content (AvgIpc) is 2.02. The van der Waals surface area contributed by atoms with Crippen molar-refractivity contribution in [1.82, 2.24) is 0 Å². The van der Waals surface area contributed by atoms with E-state index in [1.54, 1.807) is 0 Å². The monoisotopic (exact) mass is 161 g/mol. The van der Waals surface area contributed by atoms with Crippen molar-refractivity contribution in [2.24, 2.45) is 5.73 Å². The highest BCUT2D eigenvalue weighted by atomic mass is 16.3. The molecule has 0 atom stereocenters. The zero-order valence-corrected chi connectivity index (χ0v) is 6.49. The molecular weight excluding hydrogens is 146 g/mol. The Bertz CT molecular complexity index is 99.9. The van der Waals surface area contributed by atoms with Crippen LogP contribution in [0.25, 0.3) is 0 Å². The Morgan fingerprint density at radius 3 is 1.73 bits per heavy atom. The van der Waals surface area contributed by atoms with Crippen LogP contribution in [0.5, 0.6) is 0 Å². The van der Waals surface area contributed by atoms with Gasteiger partial charge < -0.3 is 15.9 Å². The van der Waals surface area contributed by atoms with E-state index in [0.29, 0.717) is 0 Å². The zero-order chi connectivity index (χ0) is 9.11. The van der Waals surface area contributed by atoms with E-state index in [1.165, 1.54) is 0 Å². The van der Waals surface area contributed by atoms with Gasteiger partial charge in [0.05, 0.1) is 0 Å². The molecule has 0 saturated heterocycles. The quantitative estimate of drug-likeness (QED) is 0.380. The SMILES string of the molecule is C=CC(N)=O.OCCCCO. The van der Waals surface area contributed by atoms with E-state index >= 15 is 0 Å². The predicted octanol–water partition coefficient (Wildman–Crippen LogP) is -0.591. The summed E-state index contributed by atoms with van der Waals surface area (Å²) in [4.78, 5) is 9.47. The van der Waals surface area contributed by atoms with Gasteiger partial charge in [0.25, 0.3) is 0 Å². The summed E-state index contributed by atoms with van der Waals surface area (Å²) in [7, 11) is 0. The molecule has 4 heteroatoms. The van der Waals surface area contributed by atoms with Crippen LogP contribution in [0, 0.1) is 0 Å². The molecule has 0 saturated carbocycles. The first-order valence-electron chi connectivity index (χ1n) is 3.32. The van der Waals surface area contributed by atoms with Crippen molar-refractivity contribution in [2.75, 3.05) is 13.2 Å². The van der Waals surface area contributed by atoms with Crippen molar-refractivity contribution in [3.63, 3.8) is 0 Å². The molecule has 0 bridgehead atoms. The van der Waals surface area contributed by atoms with Gasteiger partial charge >= 0.3 is 0 Å². The van der Waals surface area contributed by atoms with E-state index in [-0.39, 0.29) is 13.2 Å². The topological polar surface area (TPSA) is 83.6 Å². The van der Waals surface area contributed by atoms with Gasteiger partial charge in [-0.2, -0.15) is 0 Å². The van der Waals surface area contributed by atoms with Gasteiger partial charge in [-0.05, 0) is 18.9 Å². The molecule has 1 amide bonds. The molecule has 0 aliphatic rings. The Labute approximate surface area is 66.3 Å². The average molecular weight is 161 g/mol. The minimum Gasteiger partial charge on any atom is -0.396 e. The van der Waals surface area contributed by atoms with Gasteiger partial charge in [0.1, 0.15) is 0 Å². The Morgan fingerprint density at radius 2 is 1.64 bits per heavy atom. The van der Waals surface area contributed by atoms with Crippen LogP contribution in [0.15, 0.2) is 12.7 Å². The summed E-state index contributed by atoms with van der Waals surface area (Å²) < 4.78 is 0. The third kappa shape index (κ3) is 27.2. The molecule has 0 fully saturated rings. The number of rotatable bonds is 4. The predicted molar refractivity (Wildman–Crippen MR) is 42.8 cm³/mol. The second-order valence-electron chi connectivity index (χ2n) is 1.76. The molecule has 0 spiro atoms. The summed E-state index contributed by atoms with van der Waals surface area (Å²) in [6.07, 6.45) is 2.49. The van der Waals surface area contributed by atoms with Crippen molar-refractivity contribution in [2.45, 2.75) is 12.8 Å². The number of amides is 1. The number of aliphatic hydroxyl groups is 2. The first-order chi connectivity index (χ1) is 5.18. The molecule has 0 aromatic rings. The lowest BCUT2D eigenvalue weighted by atomic mass is 10.3. The molecule has 0 aliphatic carbocycles. The van der Waals surface area contributed by atoms with E-state index in [0.717, 1.165) is 18.9 Å². The van der Waals surface area contributed by atoms with Crippen LogP contribution < -0.4 is 5.73 Å². The fourth-order valence-corrected chi connectivity index (χ4v) is 0.224. The second kappa shape index (κ2) is 11.9. The maximum absolute atomic E-state index is 9.47. The number of carbonyl (C=O) groups excluding carboxylic acids is 1. The largest absolute Gasteiger partial charge is 0.396 e. The number of nitrogens with two attached hydrogens (primary N) is 1. The Morgan fingerprint density at radius 1 is 1.36 bits per heavy atom. The van der Waals surface area contributed by atoms with Crippen LogP contribution in [0.3, 0.4) is 0 Å². The zero-order valence-electron chi connectivity index (χ0n) is 6.49. The highest BCUT2D eigenvalue weighted by Gasteiger charge is 1.77. The van der Waals surface area contributed by atoms with E-state index in [9.17, 15) is 4.79 Å². The molecule has 4 nitrogen and oxygen atoms in total. The van der Waals surface area contributed by atoms with Crippen molar-refractivity contribution in [3.8, 4) is 0 Å². The van der Waals surface area contributed by atoms with Crippen LogP contribution in [-0.2, 0) is 4.79 Å². The summed E-state index contributed by atoms with van der Waals surface area (Å²) in [5, 5.41) is 16.2. The summed E-state index contributed by atoms with van der Waals surface area (Å²) in [6, 6.07) is 0. The fraction of sp³-hybridized carbons (Fsp3) is 0.571. The molecule has 11 heavy (non-hydrogen) atoms. The van der Waals surface area contributed by atoms with Crippen LogP contribution in [0.4, 0.5) is 0 Å². The highest BCUT2D eigenvalue weighted by Crippen LogP contribution is 1.80. The minimum atomic E-state index is -0.481. The van der Waals surface area contributed by atoms with Crippen molar-refractivity contribution < 1.29 is 15.0 Å². The smallest absolute Gasteiger partial charge is 0.240 e. The Kier molecular flexibility index (Phi) is 13.8. The first kappa shape index (κ1) is 12.8. The molecular formula is C7H15NO3. The van der Waals surface area contributed by atoms with Gasteiger partial charge in [-0.1, -0.05) is 6.58 Å². The third-order valence-electron chi connectivity index (χ3n) is 0.767. The minimum absolute atomic E-state index is 0.195. The summed E-state index contributed by atoms with van der Waals surface area (Å²) in [5.41, 5.74) is 4.53. The number of carbonyl (C=O) groups is 1. The molecule has 0 heterocycles. The van der Waals surface area contributed by atoms with Gasteiger partial charge in [-0.15, -0.1) is 0 Å². The standard InChI is InChI=1S/C4H10O2.C3H5NO/c5-3-1-2-4-6;1-2-3(4)5/h5-6H,1-4H2;2H,1H2,(H2,4,5). The molecule has 4 N–H and O–H groups in total. The molecule has 0 unspecified atom stereocenters. The van der Waals surface area contributed by atoms with Gasteiger partial charge in [0.2, 0.25) is 5.91 Å². The third-order valence-corrected chi connectivity index (χ3v) is 0.767. The van der Waals surface area contributed by atoms with Crippen LogP contribution in [-0.4, -0.2) is 29.3 Å². The van der Waals surface area contributed by atoms with Crippen LogP contribution >= 0.6 is 0 Å². The lowest BCUT2D eigenvalue weighted by Crippen LogP contribution is -2.04. The number of primary amides is 1. The highest BCUT2D eigenvalue weighted by molar-refractivity contribution is 5.84. The molecule has 66 valence electrons.